The van der Waals surface area contributed by atoms with Crippen LogP contribution in [0.4, 0.5) is 13.2 Å². The van der Waals surface area contributed by atoms with Crippen molar-refractivity contribution >= 4 is 35.0 Å². The summed E-state index contributed by atoms with van der Waals surface area (Å²) in [5, 5.41) is 14.9. The van der Waals surface area contributed by atoms with E-state index in [9.17, 15) is 23.9 Å². The number of thiazole rings is 1. The van der Waals surface area contributed by atoms with Crippen LogP contribution in [0.2, 0.25) is 0 Å². The number of esters is 1. The van der Waals surface area contributed by atoms with Crippen molar-refractivity contribution in [2.24, 2.45) is 16.3 Å². The van der Waals surface area contributed by atoms with Gasteiger partial charge >= 0.3 is 11.9 Å². The lowest BCUT2D eigenvalue weighted by Crippen LogP contribution is -2.47. The molecule has 3 atom stereocenters. The Kier molecular flexibility index (Phi) is 8.11. The van der Waals surface area contributed by atoms with Crippen molar-refractivity contribution in [3.63, 3.8) is 0 Å². The number of carboxylic acid groups (broad SMARTS) is 1. The van der Waals surface area contributed by atoms with Crippen LogP contribution in [0, 0.1) is 24.1 Å². The molecule has 2 aromatic rings. The summed E-state index contributed by atoms with van der Waals surface area (Å²) >= 11 is 1.28. The number of fused-ring (bicyclic) bond motifs is 1. The number of aromatic nitrogens is 1. The molecule has 2 N–H and O–H groups in total. The molecule has 4 heterocycles. The second kappa shape index (κ2) is 11.4. The van der Waals surface area contributed by atoms with Crippen molar-refractivity contribution in [3.05, 3.63) is 63.0 Å². The highest BCUT2D eigenvalue weighted by Crippen LogP contribution is 2.44. The number of aliphatic carboxylic acids is 1. The van der Waals surface area contributed by atoms with Crippen LogP contribution in [0.5, 0.6) is 0 Å². The van der Waals surface area contributed by atoms with Crippen molar-refractivity contribution in [1.29, 1.82) is 0 Å². The highest BCUT2D eigenvalue weighted by molar-refractivity contribution is 7.11. The highest BCUT2D eigenvalue weighted by Gasteiger charge is 2.60. The number of nitrogens with zero attached hydrogens (tertiary/aromatic N) is 4. The summed E-state index contributed by atoms with van der Waals surface area (Å²) in [6, 6.07) is 2.64. The fourth-order valence-electron chi connectivity index (χ4n) is 5.87. The average molecular weight is 620 g/mol. The molecule has 3 aliphatic heterocycles. The molecule has 43 heavy (non-hydrogen) atoms. The van der Waals surface area contributed by atoms with Gasteiger partial charge in [-0.05, 0) is 44.9 Å². The lowest BCUT2D eigenvalue weighted by atomic mass is 9.92. The number of carbonyl (C=O) groups excluding carboxylic acids is 2. The van der Waals surface area contributed by atoms with Crippen molar-refractivity contribution in [1.82, 2.24) is 20.1 Å². The lowest BCUT2D eigenvalue weighted by Gasteiger charge is -2.32. The van der Waals surface area contributed by atoms with Crippen molar-refractivity contribution < 1.29 is 37.4 Å². The molecule has 0 aliphatic carbocycles. The molecule has 10 nitrogen and oxygen atoms in total. The molecule has 0 radical (unpaired) electrons. The molecule has 0 bridgehead atoms. The van der Waals surface area contributed by atoms with E-state index in [0.717, 1.165) is 0 Å². The molecule has 1 amide bonds. The van der Waals surface area contributed by atoms with E-state index in [1.165, 1.54) is 47.1 Å². The molecule has 3 aliphatic rings. The van der Waals surface area contributed by atoms with Crippen LogP contribution < -0.4 is 5.32 Å². The van der Waals surface area contributed by atoms with Crippen LogP contribution in [0.1, 0.15) is 42.9 Å². The molecule has 1 aromatic heterocycles. The van der Waals surface area contributed by atoms with E-state index < -0.39 is 59.5 Å². The Morgan fingerprint density at radius 3 is 2.65 bits per heavy atom. The van der Waals surface area contributed by atoms with Gasteiger partial charge in [-0.25, -0.2) is 22.9 Å². The van der Waals surface area contributed by atoms with Gasteiger partial charge in [0, 0.05) is 43.0 Å². The summed E-state index contributed by atoms with van der Waals surface area (Å²) < 4.78 is 50.9. The van der Waals surface area contributed by atoms with Gasteiger partial charge < -0.3 is 20.1 Å². The Morgan fingerprint density at radius 1 is 1.26 bits per heavy atom. The molecule has 0 unspecified atom stereocenters. The van der Waals surface area contributed by atoms with Crippen LogP contribution in [0.15, 0.2) is 46.0 Å². The summed E-state index contributed by atoms with van der Waals surface area (Å²) in [4.78, 5) is 49.9. The minimum Gasteiger partial charge on any atom is -0.480 e. The minimum absolute atomic E-state index is 0.0381. The fraction of sp³-hybridized carbons (Fsp3) is 0.483. The van der Waals surface area contributed by atoms with E-state index in [-0.39, 0.29) is 43.1 Å². The number of carbonyl (C=O) groups is 3. The molecule has 1 aromatic carbocycles. The second-order valence-corrected chi connectivity index (χ2v) is 12.3. The number of amides is 1. The van der Waals surface area contributed by atoms with E-state index in [4.69, 9.17) is 9.73 Å². The summed E-state index contributed by atoms with van der Waals surface area (Å²) in [6.45, 7) is 4.55. The Labute approximate surface area is 250 Å². The van der Waals surface area contributed by atoms with Gasteiger partial charge in [-0.3, -0.25) is 19.5 Å². The molecule has 2 saturated heterocycles. The van der Waals surface area contributed by atoms with Crippen molar-refractivity contribution in [2.75, 3.05) is 32.8 Å². The summed E-state index contributed by atoms with van der Waals surface area (Å²) in [7, 11) is 0. The molecule has 0 saturated carbocycles. The second-order valence-electron chi connectivity index (χ2n) is 11.4. The summed E-state index contributed by atoms with van der Waals surface area (Å²) in [6.07, 6.45) is 1.57. The maximum Gasteiger partial charge on any atom is 0.338 e. The number of amidine groups is 1. The Morgan fingerprint density at radius 2 is 2.00 bits per heavy atom. The molecule has 2 fully saturated rings. The lowest BCUT2D eigenvalue weighted by molar-refractivity contribution is -0.158. The molecule has 230 valence electrons. The molecule has 14 heteroatoms. The highest BCUT2D eigenvalue weighted by atomic mass is 32.1. The largest absolute Gasteiger partial charge is 0.480 e. The third-order valence-corrected chi connectivity index (χ3v) is 9.07. The summed E-state index contributed by atoms with van der Waals surface area (Å²) in [5.74, 6) is -7.43. The Hall–Kier alpha value is -3.78. The molecule has 0 spiro atoms. The number of aliphatic imine (C=N–C) groups is 1. The monoisotopic (exact) mass is 619 g/mol. The first-order valence-electron chi connectivity index (χ1n) is 13.8. The number of alkyl halides is 2. The normalized spacial score (nSPS) is 23.6. The number of hydrogen-bond acceptors (Lipinski definition) is 9. The van der Waals surface area contributed by atoms with Crippen molar-refractivity contribution in [2.45, 2.75) is 45.7 Å². The fourth-order valence-corrected chi connectivity index (χ4v) is 6.46. The van der Waals surface area contributed by atoms with Crippen LogP contribution in [0.3, 0.4) is 0 Å². The zero-order valence-corrected chi connectivity index (χ0v) is 24.9. The van der Waals surface area contributed by atoms with Crippen molar-refractivity contribution in [3.8, 4) is 0 Å². The molecular weight excluding hydrogens is 587 g/mol. The third kappa shape index (κ3) is 5.53. The maximum absolute atomic E-state index is 15.4. The standard InChI is InChI=1S/C29H32F3N5O5S/c1-5-42-25(38)21-19(34-23(24-33-9-10-43-24)35-22(21)16-7-6-8-18(30)15(16)2)12-37-14-29(31,32)17-11-36(13-20(17)37)26(39)28(3,4)27(40)41/h6-10,17,20,22H,5,11-14H2,1-4H3,(H,34,35)(H,40,41)/t17-,20+,22+/m1/s1. The zero-order valence-electron chi connectivity index (χ0n) is 24.1. The van der Waals surface area contributed by atoms with E-state index in [0.29, 0.717) is 16.4 Å². The topological polar surface area (TPSA) is 124 Å². The minimum atomic E-state index is -3.18. The van der Waals surface area contributed by atoms with E-state index >= 15 is 8.78 Å². The SMILES string of the molecule is CCOC(=O)C1=C(CN2CC(F)(F)[C@@H]3CN(C(=O)C(C)(C)C(=O)O)C[C@@H]32)NC(c2nccs2)=N[C@H]1c1cccc(F)c1C. The quantitative estimate of drug-likeness (QED) is 0.341. The smallest absolute Gasteiger partial charge is 0.338 e. The first-order valence-corrected chi connectivity index (χ1v) is 14.7. The molecular formula is C29H32F3N5O5S. The van der Waals surface area contributed by atoms with Crippen LogP contribution >= 0.6 is 11.3 Å². The van der Waals surface area contributed by atoms with Gasteiger partial charge in [0.15, 0.2) is 10.8 Å². The maximum atomic E-state index is 15.4. The van der Waals surface area contributed by atoms with Gasteiger partial charge in [0.2, 0.25) is 5.91 Å². The zero-order chi connectivity index (χ0) is 31.3. The Bertz CT molecular complexity index is 1510. The number of ether oxygens (including phenoxy) is 1. The average Bonchev–Trinajstić information content (AvgIpc) is 3.68. The predicted octanol–water partition coefficient (Wildman–Crippen LogP) is 3.39. The van der Waals surface area contributed by atoms with Gasteiger partial charge in [0.05, 0.1) is 24.6 Å². The van der Waals surface area contributed by atoms with Crippen LogP contribution in [0.25, 0.3) is 0 Å². The van der Waals surface area contributed by atoms with Crippen LogP contribution in [-0.4, -0.2) is 88.3 Å². The number of rotatable bonds is 8. The molecule has 5 rings (SSSR count). The van der Waals surface area contributed by atoms with E-state index in [2.05, 4.69) is 10.3 Å². The van der Waals surface area contributed by atoms with Crippen LogP contribution in [-0.2, 0) is 19.1 Å². The number of nitrogens with one attached hydrogen (secondary N) is 1. The first-order chi connectivity index (χ1) is 20.3. The summed E-state index contributed by atoms with van der Waals surface area (Å²) in [5.41, 5.74) is -0.788. The van der Waals surface area contributed by atoms with Gasteiger partial charge in [-0.2, -0.15) is 0 Å². The van der Waals surface area contributed by atoms with E-state index in [1.54, 1.807) is 31.5 Å². The van der Waals surface area contributed by atoms with Gasteiger partial charge in [0.25, 0.3) is 5.92 Å². The van der Waals surface area contributed by atoms with Gasteiger partial charge in [-0.1, -0.05) is 12.1 Å². The number of benzene rings is 1. The number of carboxylic acids is 1. The Balaban J connectivity index is 1.55. The third-order valence-electron chi connectivity index (χ3n) is 8.29. The van der Waals surface area contributed by atoms with Gasteiger partial charge in [-0.15, -0.1) is 11.3 Å². The van der Waals surface area contributed by atoms with Gasteiger partial charge in [0.1, 0.15) is 17.3 Å². The number of likely N-dealkylation sites (tertiary alicyclic amines) is 2. The van der Waals surface area contributed by atoms with E-state index in [1.807, 2.05) is 0 Å². The predicted molar refractivity (Wildman–Crippen MR) is 151 cm³/mol. The first kappa shape index (κ1) is 30.7. The number of halogens is 3. The number of hydrogen-bond donors (Lipinski definition) is 2.